The van der Waals surface area contributed by atoms with Gasteiger partial charge >= 0.3 is 6.18 Å². The van der Waals surface area contributed by atoms with Crippen LogP contribution in [0.15, 0.2) is 46.3 Å². The third kappa shape index (κ3) is 3.99. The van der Waals surface area contributed by atoms with E-state index in [9.17, 15) is 35.5 Å². The predicted octanol–water partition coefficient (Wildman–Crippen LogP) is 5.44. The Morgan fingerprint density at radius 2 is 1.57 bits per heavy atom. The van der Waals surface area contributed by atoms with Crippen LogP contribution < -0.4 is 4.90 Å². The lowest BCUT2D eigenvalue weighted by atomic mass is 10.2. The maximum Gasteiger partial charge on any atom is 0.437 e. The number of alkyl halides is 3. The first-order valence-electron chi connectivity index (χ1n) is 8.00. The molecule has 0 aliphatic rings. The topological polar surface area (TPSA) is 38.1 Å². The zero-order valence-corrected chi connectivity index (χ0v) is 15.7. The summed E-state index contributed by atoms with van der Waals surface area (Å²) in [6, 6.07) is 5.50. The van der Waals surface area contributed by atoms with Crippen molar-refractivity contribution in [3.63, 3.8) is 0 Å². The van der Waals surface area contributed by atoms with Crippen molar-refractivity contribution in [1.29, 1.82) is 0 Å². The summed E-state index contributed by atoms with van der Waals surface area (Å²) in [5.74, 6) is -5.48. The van der Waals surface area contributed by atoms with Crippen LogP contribution in [0.25, 0.3) is 0 Å². The number of aromatic nitrogens is 2. The van der Waals surface area contributed by atoms with Crippen molar-refractivity contribution in [2.45, 2.75) is 16.1 Å². The van der Waals surface area contributed by atoms with Gasteiger partial charge < -0.3 is 0 Å². The second-order valence-electron chi connectivity index (χ2n) is 5.85. The van der Waals surface area contributed by atoms with Crippen molar-refractivity contribution in [2.75, 3.05) is 4.90 Å². The van der Waals surface area contributed by atoms with E-state index < -0.39 is 46.5 Å². The van der Waals surface area contributed by atoms with Gasteiger partial charge in [0.2, 0.25) is 6.41 Å². The van der Waals surface area contributed by atoms with Gasteiger partial charge in [-0.05, 0) is 36.4 Å². The number of nitrogens with zero attached hydrogens (tertiary/aromatic N) is 3. The van der Waals surface area contributed by atoms with Crippen molar-refractivity contribution >= 4 is 29.5 Å². The van der Waals surface area contributed by atoms with E-state index in [-0.39, 0.29) is 21.2 Å². The van der Waals surface area contributed by atoms with Gasteiger partial charge in [0, 0.05) is 11.9 Å². The van der Waals surface area contributed by atoms with E-state index >= 15 is 0 Å². The number of carbonyl (C=O) groups excluding carboxylic acids is 1. The van der Waals surface area contributed by atoms with Crippen molar-refractivity contribution in [3.8, 4) is 0 Å². The van der Waals surface area contributed by atoms with Crippen molar-refractivity contribution in [1.82, 2.24) is 9.78 Å². The van der Waals surface area contributed by atoms with Gasteiger partial charge in [-0.2, -0.15) is 18.3 Å². The quantitative estimate of drug-likeness (QED) is 0.296. The number of amides is 1. The minimum Gasteiger partial charge on any atom is -0.278 e. The standard InChI is InChI=1S/C18H10F7N3OS/c1-27-17(30-10-4-2-9(19)3-5-10)15(16(26-27)18(23,24)25)28(8-29)14-12(21)7-6-11(20)13(14)22/h2-8H,1H3. The number of halogens is 7. The maximum absolute atomic E-state index is 14.3. The van der Waals surface area contributed by atoms with Crippen LogP contribution in [-0.4, -0.2) is 16.2 Å². The first kappa shape index (κ1) is 21.7. The normalized spacial score (nSPS) is 11.6. The third-order valence-electron chi connectivity index (χ3n) is 3.87. The molecular formula is C18H10F7N3OS. The van der Waals surface area contributed by atoms with E-state index in [4.69, 9.17) is 0 Å². The molecule has 0 aliphatic carbocycles. The maximum atomic E-state index is 14.3. The molecule has 0 bridgehead atoms. The van der Waals surface area contributed by atoms with Crippen molar-refractivity contribution < 1.29 is 35.5 Å². The molecule has 1 heterocycles. The Hall–Kier alpha value is -3.02. The van der Waals surface area contributed by atoms with Crippen LogP contribution in [0, 0.1) is 23.3 Å². The predicted molar refractivity (Wildman–Crippen MR) is 93.3 cm³/mol. The van der Waals surface area contributed by atoms with Gasteiger partial charge in [0.05, 0.1) is 0 Å². The molecule has 0 unspecified atom stereocenters. The molecule has 0 spiro atoms. The number of rotatable bonds is 5. The summed E-state index contributed by atoms with van der Waals surface area (Å²) in [5, 5.41) is 2.99. The number of benzene rings is 2. The van der Waals surface area contributed by atoms with Crippen molar-refractivity contribution in [2.24, 2.45) is 7.05 Å². The SMILES string of the molecule is Cn1nc(C(F)(F)F)c(N(C=O)c2c(F)ccc(F)c2F)c1Sc1ccc(F)cc1. The molecule has 4 nitrogen and oxygen atoms in total. The van der Waals surface area contributed by atoms with E-state index in [1.165, 1.54) is 12.1 Å². The van der Waals surface area contributed by atoms with Gasteiger partial charge in [-0.25, -0.2) is 17.6 Å². The zero-order valence-electron chi connectivity index (χ0n) is 14.8. The zero-order chi connectivity index (χ0) is 22.2. The van der Waals surface area contributed by atoms with Crippen LogP contribution in [0.2, 0.25) is 0 Å². The number of anilines is 2. The van der Waals surface area contributed by atoms with Gasteiger partial charge in [0.1, 0.15) is 22.2 Å². The van der Waals surface area contributed by atoms with Gasteiger partial charge in [-0.15, -0.1) is 0 Å². The Bertz CT molecular complexity index is 1100. The summed E-state index contributed by atoms with van der Waals surface area (Å²) in [4.78, 5) is 11.9. The lowest BCUT2D eigenvalue weighted by Crippen LogP contribution is -2.22. The van der Waals surface area contributed by atoms with Crippen LogP contribution in [0.3, 0.4) is 0 Å². The Balaban J connectivity index is 2.26. The fraction of sp³-hybridized carbons (Fsp3) is 0.111. The van der Waals surface area contributed by atoms with Crippen molar-refractivity contribution in [3.05, 3.63) is 65.4 Å². The summed E-state index contributed by atoms with van der Waals surface area (Å²) in [7, 11) is 1.12. The first-order chi connectivity index (χ1) is 14.0. The average Bonchev–Trinajstić information content (AvgIpc) is 3.00. The lowest BCUT2D eigenvalue weighted by molar-refractivity contribution is -0.140. The molecule has 3 rings (SSSR count). The summed E-state index contributed by atoms with van der Waals surface area (Å²) >= 11 is 0.635. The van der Waals surface area contributed by atoms with Crippen LogP contribution in [-0.2, 0) is 18.0 Å². The molecule has 0 atom stereocenters. The number of hydrogen-bond acceptors (Lipinski definition) is 3. The number of hydrogen-bond donors (Lipinski definition) is 0. The van der Waals surface area contributed by atoms with E-state index in [0.29, 0.717) is 23.9 Å². The molecule has 2 aromatic carbocycles. The van der Waals surface area contributed by atoms with Gasteiger partial charge in [-0.3, -0.25) is 14.4 Å². The van der Waals surface area contributed by atoms with E-state index in [0.717, 1.165) is 23.9 Å². The number of aryl methyl sites for hydroxylation is 1. The van der Waals surface area contributed by atoms with Crippen LogP contribution in [0.1, 0.15) is 5.69 Å². The molecule has 12 heteroatoms. The lowest BCUT2D eigenvalue weighted by Gasteiger charge is -2.21. The molecule has 30 heavy (non-hydrogen) atoms. The van der Waals surface area contributed by atoms with E-state index in [2.05, 4.69) is 5.10 Å². The molecule has 3 aromatic rings. The molecule has 0 N–H and O–H groups in total. The molecule has 0 saturated carbocycles. The van der Waals surface area contributed by atoms with Crippen LogP contribution >= 0.6 is 11.8 Å². The minimum atomic E-state index is -5.11. The smallest absolute Gasteiger partial charge is 0.278 e. The summed E-state index contributed by atoms with van der Waals surface area (Å²) in [6.45, 7) is 0. The Kier molecular flexibility index (Phi) is 5.79. The highest BCUT2D eigenvalue weighted by Gasteiger charge is 2.42. The molecule has 1 amide bonds. The average molecular weight is 449 g/mol. The molecular weight excluding hydrogens is 439 g/mol. The van der Waals surface area contributed by atoms with E-state index in [1.807, 2.05) is 0 Å². The molecule has 0 aliphatic heterocycles. The van der Waals surface area contributed by atoms with Crippen LogP contribution in [0.5, 0.6) is 0 Å². The summed E-state index contributed by atoms with van der Waals surface area (Å²) in [6.07, 6.45) is -5.39. The van der Waals surface area contributed by atoms with Gasteiger partial charge in [0.15, 0.2) is 23.1 Å². The van der Waals surface area contributed by atoms with E-state index in [1.54, 1.807) is 0 Å². The Morgan fingerprint density at radius 1 is 0.967 bits per heavy atom. The highest BCUT2D eigenvalue weighted by molar-refractivity contribution is 7.99. The highest BCUT2D eigenvalue weighted by atomic mass is 32.2. The molecule has 0 fully saturated rings. The number of carbonyl (C=O) groups is 1. The van der Waals surface area contributed by atoms with Gasteiger partial charge in [-0.1, -0.05) is 11.8 Å². The second-order valence-corrected chi connectivity index (χ2v) is 6.91. The molecule has 0 radical (unpaired) electrons. The Labute approximate surface area is 168 Å². The van der Waals surface area contributed by atoms with Gasteiger partial charge in [0.25, 0.3) is 0 Å². The Morgan fingerprint density at radius 3 is 2.13 bits per heavy atom. The fourth-order valence-corrected chi connectivity index (χ4v) is 3.55. The highest BCUT2D eigenvalue weighted by Crippen LogP contribution is 2.46. The molecule has 158 valence electrons. The largest absolute Gasteiger partial charge is 0.437 e. The third-order valence-corrected chi connectivity index (χ3v) is 5.03. The minimum absolute atomic E-state index is 0.00935. The fourth-order valence-electron chi connectivity index (χ4n) is 2.59. The summed E-state index contributed by atoms with van der Waals surface area (Å²) < 4.78 is 96.7. The first-order valence-corrected chi connectivity index (χ1v) is 8.82. The molecule has 0 saturated heterocycles. The summed E-state index contributed by atoms with van der Waals surface area (Å²) in [5.41, 5.74) is -3.95. The monoisotopic (exact) mass is 449 g/mol. The van der Waals surface area contributed by atoms with Crippen LogP contribution in [0.4, 0.5) is 42.1 Å². The second kappa shape index (κ2) is 8.01. The molecule has 1 aromatic heterocycles.